The topological polar surface area (TPSA) is 159 Å². The molecule has 1 unspecified atom stereocenters. The summed E-state index contributed by atoms with van der Waals surface area (Å²) in [5.41, 5.74) is 7.46. The van der Waals surface area contributed by atoms with Gasteiger partial charge in [0.15, 0.2) is 11.5 Å². The summed E-state index contributed by atoms with van der Waals surface area (Å²) in [5, 5.41) is 11.1. The van der Waals surface area contributed by atoms with E-state index in [1.54, 1.807) is 42.5 Å². The Kier molecular flexibility index (Phi) is 7.09. The predicted molar refractivity (Wildman–Crippen MR) is 134 cm³/mol. The van der Waals surface area contributed by atoms with Crippen LogP contribution in [0.1, 0.15) is 34.6 Å². The number of nitrogen functional groups attached to an aromatic ring is 1. The molecular formula is C21H22IN5O5S. The monoisotopic (exact) mass is 583 g/mol. The molecule has 3 aromatic rings. The summed E-state index contributed by atoms with van der Waals surface area (Å²) in [6, 6.07) is 10.3. The maximum absolute atomic E-state index is 13.1. The second kappa shape index (κ2) is 9.49. The Morgan fingerprint density at radius 3 is 2.33 bits per heavy atom. The number of rotatable bonds is 8. The highest BCUT2D eigenvalue weighted by Gasteiger charge is 2.27. The van der Waals surface area contributed by atoms with Crippen LogP contribution in [0.2, 0.25) is 0 Å². The smallest absolute Gasteiger partial charge is 0.303 e. The van der Waals surface area contributed by atoms with Gasteiger partial charge in [0.2, 0.25) is 0 Å². The number of nitrogens with one attached hydrogen (secondary N) is 3. The third-order valence-corrected chi connectivity index (χ3v) is 6.97. The van der Waals surface area contributed by atoms with Gasteiger partial charge >= 0.3 is 10.2 Å². The molecule has 10 nitrogen and oxygen atoms in total. The average Bonchev–Trinajstić information content (AvgIpc) is 3.17. The van der Waals surface area contributed by atoms with Gasteiger partial charge in [0.1, 0.15) is 17.5 Å². The lowest BCUT2D eigenvalue weighted by Gasteiger charge is -2.22. The summed E-state index contributed by atoms with van der Waals surface area (Å²) in [7, 11) is -1.42. The van der Waals surface area contributed by atoms with Crippen molar-refractivity contribution in [3.63, 3.8) is 0 Å². The minimum atomic E-state index is -4.04. The zero-order valence-electron chi connectivity index (χ0n) is 18.0. The first-order valence-electron chi connectivity index (χ1n) is 9.58. The van der Waals surface area contributed by atoms with Gasteiger partial charge in [0, 0.05) is 37.7 Å². The van der Waals surface area contributed by atoms with Crippen LogP contribution >= 0.6 is 22.6 Å². The van der Waals surface area contributed by atoms with Crippen molar-refractivity contribution in [3.8, 4) is 0 Å². The van der Waals surface area contributed by atoms with Crippen LogP contribution in [0.5, 0.6) is 0 Å². The quantitative estimate of drug-likeness (QED) is 0.137. The zero-order chi connectivity index (χ0) is 24.5. The average molecular weight is 583 g/mol. The lowest BCUT2D eigenvalue weighted by Crippen LogP contribution is -2.43. The number of hydrogen-bond acceptors (Lipinski definition) is 7. The molecule has 0 saturated heterocycles. The van der Waals surface area contributed by atoms with Gasteiger partial charge in [-0.3, -0.25) is 15.0 Å². The molecule has 0 aliphatic carbocycles. The van der Waals surface area contributed by atoms with Crippen LogP contribution < -0.4 is 15.8 Å². The normalized spacial score (nSPS) is 12.5. The Morgan fingerprint density at radius 1 is 1.15 bits per heavy atom. The molecule has 0 fully saturated rings. The number of hydrogen-bond donors (Lipinski definition) is 4. The highest BCUT2D eigenvalue weighted by molar-refractivity contribution is 14.1. The van der Waals surface area contributed by atoms with Gasteiger partial charge in [-0.1, -0.05) is 0 Å². The third-order valence-electron chi connectivity index (χ3n) is 4.75. The van der Waals surface area contributed by atoms with Gasteiger partial charge in [-0.05, 0) is 70.6 Å². The number of amidine groups is 1. The second-order valence-electron chi connectivity index (χ2n) is 7.41. The molecule has 0 aliphatic heterocycles. The van der Waals surface area contributed by atoms with Crippen molar-refractivity contribution < 1.29 is 22.4 Å². The SMILES string of the molecule is CC(=O)c1cc2cc(C(Nc3ccc(C(=N)N)cc3)C(=O)NS(=O)(=O)N(C)C)cc(I)c2o1. The number of amides is 1. The number of nitrogens with two attached hydrogens (primary N) is 1. The fraction of sp³-hybridized carbons (Fsp3) is 0.190. The molecule has 1 aromatic heterocycles. The number of carbonyl (C=O) groups excluding carboxylic acids is 2. The maximum atomic E-state index is 13.1. The maximum Gasteiger partial charge on any atom is 0.303 e. The van der Waals surface area contributed by atoms with Crippen molar-refractivity contribution in [1.29, 1.82) is 5.41 Å². The molecule has 1 atom stereocenters. The molecule has 0 spiro atoms. The van der Waals surface area contributed by atoms with Gasteiger partial charge in [0.25, 0.3) is 5.91 Å². The first-order chi connectivity index (χ1) is 15.4. The molecule has 0 saturated carbocycles. The summed E-state index contributed by atoms with van der Waals surface area (Å²) in [6.07, 6.45) is 0. The van der Waals surface area contributed by atoms with Crippen LogP contribution in [0.15, 0.2) is 46.9 Å². The van der Waals surface area contributed by atoms with Crippen molar-refractivity contribution in [1.82, 2.24) is 9.03 Å². The van der Waals surface area contributed by atoms with E-state index in [0.29, 0.717) is 31.4 Å². The van der Waals surface area contributed by atoms with E-state index in [2.05, 4.69) is 10.0 Å². The summed E-state index contributed by atoms with van der Waals surface area (Å²) >= 11 is 2.03. The number of Topliss-reactive ketones (excluding diaryl/α,β-unsaturated/α-hetero) is 1. The molecule has 33 heavy (non-hydrogen) atoms. The first kappa shape index (κ1) is 24.7. The Morgan fingerprint density at radius 2 is 1.79 bits per heavy atom. The van der Waals surface area contributed by atoms with Crippen LogP contribution in [0.3, 0.4) is 0 Å². The van der Waals surface area contributed by atoms with E-state index in [4.69, 9.17) is 15.6 Å². The van der Waals surface area contributed by atoms with Crippen molar-refractivity contribution >= 4 is 67.0 Å². The van der Waals surface area contributed by atoms with Gasteiger partial charge in [-0.2, -0.15) is 12.7 Å². The van der Waals surface area contributed by atoms with Crippen molar-refractivity contribution in [2.75, 3.05) is 19.4 Å². The number of furan rings is 1. The molecule has 0 bridgehead atoms. The van der Waals surface area contributed by atoms with Crippen LogP contribution in [0.4, 0.5) is 5.69 Å². The van der Waals surface area contributed by atoms with Gasteiger partial charge in [0.05, 0.1) is 3.57 Å². The molecule has 0 aliphatic rings. The molecule has 2 aromatic carbocycles. The number of ketones is 1. The summed E-state index contributed by atoms with van der Waals surface area (Å²) < 4.78 is 33.8. The lowest BCUT2D eigenvalue weighted by atomic mass is 10.0. The Bertz CT molecular complexity index is 1350. The van der Waals surface area contributed by atoms with Gasteiger partial charge in [-0.15, -0.1) is 0 Å². The van der Waals surface area contributed by atoms with Crippen LogP contribution in [-0.2, 0) is 15.0 Å². The highest BCUT2D eigenvalue weighted by atomic mass is 127. The molecule has 1 amide bonds. The molecule has 0 radical (unpaired) electrons. The van der Waals surface area contributed by atoms with Gasteiger partial charge < -0.3 is 15.5 Å². The van der Waals surface area contributed by atoms with E-state index in [0.717, 1.165) is 4.31 Å². The number of halogens is 1. The number of anilines is 1. The molecule has 1 heterocycles. The molecule has 12 heteroatoms. The van der Waals surface area contributed by atoms with E-state index in [-0.39, 0.29) is 17.4 Å². The number of carbonyl (C=O) groups is 2. The van der Waals surface area contributed by atoms with E-state index in [9.17, 15) is 18.0 Å². The van der Waals surface area contributed by atoms with E-state index in [1.165, 1.54) is 21.0 Å². The third kappa shape index (κ3) is 5.51. The number of fused-ring (bicyclic) bond motifs is 1. The minimum absolute atomic E-state index is 0.103. The molecule has 3 rings (SSSR count). The second-order valence-corrected chi connectivity index (χ2v) is 10.5. The van der Waals surface area contributed by atoms with Crippen LogP contribution in [0.25, 0.3) is 11.0 Å². The standard InChI is InChI=1S/C21H22IN5O5S/c1-11(28)17-10-14-8-13(9-16(22)19(14)32-17)18(21(29)26-33(30,31)27(2)3)25-15-6-4-12(5-7-15)20(23)24/h4-10,18,25H,1-3H3,(H3,23,24)(H,26,29). The number of benzene rings is 2. The minimum Gasteiger partial charge on any atom is -0.452 e. The van der Waals surface area contributed by atoms with E-state index >= 15 is 0 Å². The fourth-order valence-corrected chi connectivity index (χ4v) is 4.30. The highest BCUT2D eigenvalue weighted by Crippen LogP contribution is 2.30. The van der Waals surface area contributed by atoms with Crippen LogP contribution in [0, 0.1) is 8.98 Å². The number of nitrogens with zero attached hydrogens (tertiary/aromatic N) is 1. The lowest BCUT2D eigenvalue weighted by molar-refractivity contribution is -0.120. The molecule has 174 valence electrons. The van der Waals surface area contributed by atoms with Gasteiger partial charge in [-0.25, -0.2) is 4.72 Å². The zero-order valence-corrected chi connectivity index (χ0v) is 20.9. The summed E-state index contributed by atoms with van der Waals surface area (Å²) in [5.74, 6) is -0.957. The Labute approximate surface area is 204 Å². The van der Waals surface area contributed by atoms with Crippen molar-refractivity contribution in [2.45, 2.75) is 13.0 Å². The summed E-state index contributed by atoms with van der Waals surface area (Å²) in [6.45, 7) is 1.39. The van der Waals surface area contributed by atoms with Crippen molar-refractivity contribution in [3.05, 3.63) is 62.9 Å². The Balaban J connectivity index is 2.06. The van der Waals surface area contributed by atoms with Crippen molar-refractivity contribution in [2.24, 2.45) is 5.73 Å². The fourth-order valence-electron chi connectivity index (χ4n) is 2.96. The molecular weight excluding hydrogens is 561 g/mol. The predicted octanol–water partition coefficient (Wildman–Crippen LogP) is 2.60. The first-order valence-corrected chi connectivity index (χ1v) is 12.1. The molecule has 5 N–H and O–H groups in total. The van der Waals surface area contributed by atoms with E-state index < -0.39 is 22.2 Å². The van der Waals surface area contributed by atoms with Crippen LogP contribution in [-0.4, -0.2) is 44.3 Å². The summed E-state index contributed by atoms with van der Waals surface area (Å²) in [4.78, 5) is 24.8. The largest absolute Gasteiger partial charge is 0.452 e. The Hall–Kier alpha value is -2.97. The van der Waals surface area contributed by atoms with E-state index in [1.807, 2.05) is 22.6 Å².